The van der Waals surface area contributed by atoms with Gasteiger partial charge in [-0.15, -0.1) is 12.4 Å². The smallest absolute Gasteiger partial charge is 0.237 e. The van der Waals surface area contributed by atoms with E-state index in [0.29, 0.717) is 12.5 Å². The fourth-order valence-corrected chi connectivity index (χ4v) is 2.51. The van der Waals surface area contributed by atoms with E-state index in [0.717, 1.165) is 38.8 Å². The van der Waals surface area contributed by atoms with Gasteiger partial charge in [0.05, 0.1) is 13.2 Å². The number of carbonyl (C=O) groups excluding carboxylic acids is 1. The molecule has 2 aliphatic rings. The molecule has 0 aromatic carbocycles. The van der Waals surface area contributed by atoms with Gasteiger partial charge in [-0.25, -0.2) is 0 Å². The number of amides is 1. The predicted octanol–water partition coefficient (Wildman–Crippen LogP) is 0.529. The summed E-state index contributed by atoms with van der Waals surface area (Å²) >= 11 is 0. The standard InChI is InChI=1S/C11H21N3O.ClH/c1-2-14-9-13(8-11(14)15)7-10-4-3-5-12-6-10;/h10,12H,2-9H2,1H3;1H. The number of piperidine rings is 1. The minimum absolute atomic E-state index is 0. The zero-order chi connectivity index (χ0) is 10.7. The Balaban J connectivity index is 0.00000128. The number of hydrogen-bond donors (Lipinski definition) is 1. The van der Waals surface area contributed by atoms with Gasteiger partial charge in [0.1, 0.15) is 0 Å². The maximum Gasteiger partial charge on any atom is 0.237 e. The van der Waals surface area contributed by atoms with E-state index in [1.165, 1.54) is 12.8 Å². The van der Waals surface area contributed by atoms with Crippen molar-refractivity contribution >= 4 is 18.3 Å². The molecule has 2 heterocycles. The summed E-state index contributed by atoms with van der Waals surface area (Å²) < 4.78 is 0. The summed E-state index contributed by atoms with van der Waals surface area (Å²) in [6.07, 6.45) is 2.59. The third kappa shape index (κ3) is 3.34. The molecule has 1 atom stereocenters. The summed E-state index contributed by atoms with van der Waals surface area (Å²) in [5, 5.41) is 3.42. The quantitative estimate of drug-likeness (QED) is 0.791. The first kappa shape index (κ1) is 13.7. The van der Waals surface area contributed by atoms with Crippen LogP contribution in [0.25, 0.3) is 0 Å². The molecule has 1 amide bonds. The summed E-state index contributed by atoms with van der Waals surface area (Å²) in [5.41, 5.74) is 0. The number of halogens is 1. The number of carbonyl (C=O) groups is 1. The lowest BCUT2D eigenvalue weighted by Gasteiger charge is -2.26. The van der Waals surface area contributed by atoms with E-state index in [1.54, 1.807) is 0 Å². The topological polar surface area (TPSA) is 35.6 Å². The van der Waals surface area contributed by atoms with Crippen molar-refractivity contribution in [1.82, 2.24) is 15.1 Å². The van der Waals surface area contributed by atoms with Crippen LogP contribution in [0.3, 0.4) is 0 Å². The van der Waals surface area contributed by atoms with Gasteiger partial charge >= 0.3 is 0 Å². The van der Waals surface area contributed by atoms with Crippen molar-refractivity contribution in [3.63, 3.8) is 0 Å². The van der Waals surface area contributed by atoms with Gasteiger partial charge in [-0.3, -0.25) is 9.69 Å². The summed E-state index contributed by atoms with van der Waals surface area (Å²) in [5.74, 6) is 1.03. The van der Waals surface area contributed by atoms with Crippen molar-refractivity contribution in [1.29, 1.82) is 0 Å². The summed E-state index contributed by atoms with van der Waals surface area (Å²) in [6.45, 7) is 7.72. The van der Waals surface area contributed by atoms with Crippen LogP contribution >= 0.6 is 12.4 Å². The van der Waals surface area contributed by atoms with E-state index in [4.69, 9.17) is 0 Å². The van der Waals surface area contributed by atoms with Gasteiger partial charge in [0.2, 0.25) is 5.91 Å². The predicted molar refractivity (Wildman–Crippen MR) is 66.7 cm³/mol. The van der Waals surface area contributed by atoms with Crippen LogP contribution < -0.4 is 5.32 Å². The minimum atomic E-state index is 0. The van der Waals surface area contributed by atoms with E-state index in [9.17, 15) is 4.79 Å². The molecule has 0 aromatic rings. The van der Waals surface area contributed by atoms with Crippen LogP contribution in [0.15, 0.2) is 0 Å². The summed E-state index contributed by atoms with van der Waals surface area (Å²) in [4.78, 5) is 15.7. The highest BCUT2D eigenvalue weighted by Gasteiger charge is 2.28. The van der Waals surface area contributed by atoms with Crippen molar-refractivity contribution in [2.45, 2.75) is 19.8 Å². The third-order valence-electron chi connectivity index (χ3n) is 3.38. The average molecular weight is 248 g/mol. The molecule has 1 unspecified atom stereocenters. The van der Waals surface area contributed by atoms with Crippen molar-refractivity contribution in [2.24, 2.45) is 5.92 Å². The van der Waals surface area contributed by atoms with Gasteiger partial charge < -0.3 is 10.2 Å². The highest BCUT2D eigenvalue weighted by atomic mass is 35.5. The lowest BCUT2D eigenvalue weighted by atomic mass is 9.99. The summed E-state index contributed by atoms with van der Waals surface area (Å²) in [7, 11) is 0. The van der Waals surface area contributed by atoms with E-state index in [-0.39, 0.29) is 12.4 Å². The Morgan fingerprint density at radius 2 is 2.31 bits per heavy atom. The Labute approximate surface area is 104 Å². The fourth-order valence-electron chi connectivity index (χ4n) is 2.51. The Morgan fingerprint density at radius 1 is 1.50 bits per heavy atom. The normalized spacial score (nSPS) is 26.9. The van der Waals surface area contributed by atoms with Gasteiger partial charge in [0.25, 0.3) is 0 Å². The number of likely N-dealkylation sites (N-methyl/N-ethyl adjacent to an activating group) is 1. The monoisotopic (exact) mass is 247 g/mol. The average Bonchev–Trinajstić information content (AvgIpc) is 2.60. The summed E-state index contributed by atoms with van der Waals surface area (Å²) in [6, 6.07) is 0. The Hall–Kier alpha value is -0.320. The van der Waals surface area contributed by atoms with Crippen LogP contribution in [0.1, 0.15) is 19.8 Å². The Bertz CT molecular complexity index is 231. The third-order valence-corrected chi connectivity index (χ3v) is 3.38. The number of hydrogen-bond acceptors (Lipinski definition) is 3. The van der Waals surface area contributed by atoms with Crippen LogP contribution in [0, 0.1) is 5.92 Å². The van der Waals surface area contributed by atoms with Crippen LogP contribution in [-0.2, 0) is 4.79 Å². The molecule has 4 nitrogen and oxygen atoms in total. The molecule has 0 radical (unpaired) electrons. The maximum absolute atomic E-state index is 11.5. The Morgan fingerprint density at radius 3 is 2.88 bits per heavy atom. The lowest BCUT2D eigenvalue weighted by molar-refractivity contribution is -0.126. The molecule has 1 N–H and O–H groups in total. The van der Waals surface area contributed by atoms with E-state index < -0.39 is 0 Å². The maximum atomic E-state index is 11.5. The zero-order valence-corrected chi connectivity index (χ0v) is 10.8. The van der Waals surface area contributed by atoms with Crippen molar-refractivity contribution < 1.29 is 4.79 Å². The number of nitrogens with one attached hydrogen (secondary N) is 1. The highest BCUT2D eigenvalue weighted by Crippen LogP contribution is 2.14. The fraction of sp³-hybridized carbons (Fsp3) is 0.909. The zero-order valence-electron chi connectivity index (χ0n) is 9.95. The van der Waals surface area contributed by atoms with Crippen LogP contribution in [-0.4, -0.2) is 55.1 Å². The molecule has 5 heteroatoms. The van der Waals surface area contributed by atoms with Crippen LogP contribution in [0.2, 0.25) is 0 Å². The molecule has 0 bridgehead atoms. The van der Waals surface area contributed by atoms with Crippen molar-refractivity contribution in [3.8, 4) is 0 Å². The van der Waals surface area contributed by atoms with E-state index in [1.807, 2.05) is 11.8 Å². The molecule has 0 spiro atoms. The second-order valence-electron chi connectivity index (χ2n) is 4.62. The molecule has 2 saturated heterocycles. The van der Waals surface area contributed by atoms with Gasteiger partial charge in [0, 0.05) is 13.1 Å². The minimum Gasteiger partial charge on any atom is -0.329 e. The lowest BCUT2D eigenvalue weighted by Crippen LogP contribution is -2.38. The van der Waals surface area contributed by atoms with Crippen molar-refractivity contribution in [3.05, 3.63) is 0 Å². The molecule has 0 aromatic heterocycles. The van der Waals surface area contributed by atoms with E-state index >= 15 is 0 Å². The Kier molecular flexibility index (Phi) is 5.52. The molecule has 2 fully saturated rings. The molecular weight excluding hydrogens is 226 g/mol. The second kappa shape index (κ2) is 6.42. The molecule has 2 rings (SSSR count). The van der Waals surface area contributed by atoms with Gasteiger partial charge in [-0.2, -0.15) is 0 Å². The largest absolute Gasteiger partial charge is 0.329 e. The first-order valence-corrected chi connectivity index (χ1v) is 6.00. The first-order valence-electron chi connectivity index (χ1n) is 6.00. The first-order chi connectivity index (χ1) is 7.29. The van der Waals surface area contributed by atoms with Gasteiger partial charge in [0.15, 0.2) is 0 Å². The van der Waals surface area contributed by atoms with Crippen LogP contribution in [0.5, 0.6) is 0 Å². The van der Waals surface area contributed by atoms with E-state index in [2.05, 4.69) is 10.2 Å². The SMILES string of the molecule is CCN1CN(CC2CCCNC2)CC1=O.Cl. The van der Waals surface area contributed by atoms with Crippen molar-refractivity contribution in [2.75, 3.05) is 39.4 Å². The molecule has 0 aliphatic carbocycles. The number of nitrogens with zero attached hydrogens (tertiary/aromatic N) is 2. The molecule has 0 saturated carbocycles. The van der Waals surface area contributed by atoms with Crippen LogP contribution in [0.4, 0.5) is 0 Å². The van der Waals surface area contributed by atoms with Gasteiger partial charge in [-0.1, -0.05) is 0 Å². The van der Waals surface area contributed by atoms with Gasteiger partial charge in [-0.05, 0) is 38.8 Å². The molecule has 16 heavy (non-hydrogen) atoms. The molecule has 2 aliphatic heterocycles. The molecular formula is C11H22ClN3O. The second-order valence-corrected chi connectivity index (χ2v) is 4.62. The highest BCUT2D eigenvalue weighted by molar-refractivity contribution is 5.85. The molecule has 94 valence electrons. The number of rotatable bonds is 3.